The van der Waals surface area contributed by atoms with E-state index in [4.69, 9.17) is 4.52 Å². The normalized spacial score (nSPS) is 14.8. The Hall–Kier alpha value is -1.99. The molecule has 1 N–H and O–H groups in total. The molecule has 0 aromatic carbocycles. The molecule has 2 aromatic rings. The first kappa shape index (κ1) is 20.7. The Morgan fingerprint density at radius 1 is 1.29 bits per heavy atom. The number of thiophene rings is 1. The summed E-state index contributed by atoms with van der Waals surface area (Å²) in [6.07, 6.45) is 5.63. The summed E-state index contributed by atoms with van der Waals surface area (Å²) in [5.41, 5.74) is 0.427. The van der Waals surface area contributed by atoms with Crippen molar-refractivity contribution in [3.8, 4) is 10.6 Å². The number of hydrogen-bond donors (Lipinski definition) is 1. The quantitative estimate of drug-likeness (QED) is 0.428. The number of carbonyl (C=O) groups is 2. The average molecular weight is 404 g/mol. The van der Waals surface area contributed by atoms with Crippen molar-refractivity contribution in [3.05, 3.63) is 29.3 Å². The van der Waals surface area contributed by atoms with Crippen molar-refractivity contribution >= 4 is 23.0 Å². The summed E-state index contributed by atoms with van der Waals surface area (Å²) in [4.78, 5) is 27.4. The van der Waals surface area contributed by atoms with Crippen LogP contribution in [0.3, 0.4) is 0 Å². The molecule has 0 bridgehead atoms. The van der Waals surface area contributed by atoms with Gasteiger partial charge < -0.3 is 14.7 Å². The number of nitrogens with one attached hydrogen (secondary N) is 1. The van der Waals surface area contributed by atoms with Gasteiger partial charge in [0.1, 0.15) is 5.69 Å². The summed E-state index contributed by atoms with van der Waals surface area (Å²) < 4.78 is 5.27. The topological polar surface area (TPSA) is 75.4 Å². The summed E-state index contributed by atoms with van der Waals surface area (Å²) in [6.45, 7) is 5.64. The number of unbranched alkanes of at least 4 members (excludes halogenated alkanes) is 3. The number of carbonyl (C=O) groups excluding carboxylic acids is 2. The number of ketones is 1. The molecule has 0 aliphatic carbocycles. The average Bonchev–Trinajstić information content (AvgIpc) is 3.34. The van der Waals surface area contributed by atoms with Crippen LogP contribution >= 0.6 is 11.3 Å². The molecule has 152 valence electrons. The monoisotopic (exact) mass is 403 g/mol. The second-order valence-corrected chi connectivity index (χ2v) is 8.34. The fourth-order valence-corrected chi connectivity index (χ4v) is 4.03. The Bertz CT molecular complexity index is 751. The number of aromatic nitrogens is 1. The third kappa shape index (κ3) is 5.75. The standard InChI is InChI=1S/C21H29N3O3S/c1-2-10-22-21(26)16-14-24(15-16)11-6-4-3-5-8-18(25)17-13-19(27-23-17)20-9-7-12-28-20/h7,9,12-13,16H,2-6,8,10-11,14-15H2,1H3,(H,22,26). The Kier molecular flexibility index (Phi) is 7.80. The lowest BCUT2D eigenvalue weighted by atomic mass is 9.98. The van der Waals surface area contributed by atoms with Gasteiger partial charge in [-0.3, -0.25) is 9.59 Å². The minimum absolute atomic E-state index is 0.0511. The smallest absolute Gasteiger partial charge is 0.225 e. The van der Waals surface area contributed by atoms with Gasteiger partial charge in [0.05, 0.1) is 10.8 Å². The van der Waals surface area contributed by atoms with Crippen LogP contribution in [0.25, 0.3) is 10.6 Å². The highest BCUT2D eigenvalue weighted by atomic mass is 32.1. The summed E-state index contributed by atoms with van der Waals surface area (Å²) in [5.74, 6) is 1.09. The van der Waals surface area contributed by atoms with Gasteiger partial charge in [-0.05, 0) is 37.3 Å². The molecule has 1 fully saturated rings. The van der Waals surface area contributed by atoms with Crippen LogP contribution in [0.4, 0.5) is 0 Å². The highest BCUT2D eigenvalue weighted by Gasteiger charge is 2.31. The summed E-state index contributed by atoms with van der Waals surface area (Å²) in [5, 5.41) is 8.85. The van der Waals surface area contributed by atoms with E-state index in [-0.39, 0.29) is 17.6 Å². The third-order valence-corrected chi connectivity index (χ3v) is 5.95. The first-order valence-electron chi connectivity index (χ1n) is 10.2. The Morgan fingerprint density at radius 3 is 2.86 bits per heavy atom. The van der Waals surface area contributed by atoms with E-state index in [9.17, 15) is 9.59 Å². The molecule has 1 saturated heterocycles. The molecule has 1 aliphatic heterocycles. The lowest BCUT2D eigenvalue weighted by Crippen LogP contribution is -2.53. The van der Waals surface area contributed by atoms with Gasteiger partial charge >= 0.3 is 0 Å². The van der Waals surface area contributed by atoms with Crippen LogP contribution in [0, 0.1) is 5.92 Å². The van der Waals surface area contributed by atoms with Crippen molar-refractivity contribution in [2.75, 3.05) is 26.2 Å². The number of likely N-dealkylation sites (tertiary alicyclic amines) is 1. The zero-order valence-electron chi connectivity index (χ0n) is 16.5. The van der Waals surface area contributed by atoms with Gasteiger partial charge in [-0.2, -0.15) is 0 Å². The van der Waals surface area contributed by atoms with Crippen LogP contribution in [0.2, 0.25) is 0 Å². The molecule has 0 unspecified atom stereocenters. The van der Waals surface area contributed by atoms with E-state index >= 15 is 0 Å². The van der Waals surface area contributed by atoms with Crippen molar-refractivity contribution in [1.82, 2.24) is 15.4 Å². The largest absolute Gasteiger partial charge is 0.356 e. The van der Waals surface area contributed by atoms with E-state index in [1.165, 1.54) is 0 Å². The molecular formula is C21H29N3O3S. The number of amides is 1. The molecule has 3 heterocycles. The van der Waals surface area contributed by atoms with Gasteiger partial charge in [-0.1, -0.05) is 31.0 Å². The maximum atomic E-state index is 12.2. The first-order chi connectivity index (χ1) is 13.7. The minimum atomic E-state index is 0.0511. The summed E-state index contributed by atoms with van der Waals surface area (Å²) in [6, 6.07) is 5.65. The van der Waals surface area contributed by atoms with E-state index in [2.05, 4.69) is 22.3 Å². The minimum Gasteiger partial charge on any atom is -0.356 e. The molecule has 0 radical (unpaired) electrons. The molecule has 7 heteroatoms. The SMILES string of the molecule is CCCNC(=O)C1CN(CCCCCCC(=O)c2cc(-c3cccs3)on2)C1. The number of nitrogens with zero attached hydrogens (tertiary/aromatic N) is 2. The molecule has 0 saturated carbocycles. The second-order valence-electron chi connectivity index (χ2n) is 7.39. The highest BCUT2D eigenvalue weighted by Crippen LogP contribution is 2.25. The van der Waals surface area contributed by atoms with E-state index < -0.39 is 0 Å². The predicted molar refractivity (Wildman–Crippen MR) is 110 cm³/mol. The van der Waals surface area contributed by atoms with E-state index in [0.717, 1.165) is 63.2 Å². The molecule has 28 heavy (non-hydrogen) atoms. The molecule has 0 atom stereocenters. The molecule has 3 rings (SSSR count). The van der Waals surface area contributed by atoms with Gasteiger partial charge in [-0.25, -0.2) is 0 Å². The Balaban J connectivity index is 1.23. The van der Waals surface area contributed by atoms with Crippen molar-refractivity contribution in [2.24, 2.45) is 5.92 Å². The highest BCUT2D eigenvalue weighted by molar-refractivity contribution is 7.13. The number of rotatable bonds is 12. The van der Waals surface area contributed by atoms with E-state index in [0.29, 0.717) is 17.9 Å². The fraction of sp³-hybridized carbons (Fsp3) is 0.571. The van der Waals surface area contributed by atoms with Gasteiger partial charge in [-0.15, -0.1) is 11.3 Å². The van der Waals surface area contributed by atoms with E-state index in [1.807, 2.05) is 17.5 Å². The Labute approximate surface area is 170 Å². The molecule has 6 nitrogen and oxygen atoms in total. The summed E-state index contributed by atoms with van der Waals surface area (Å²) >= 11 is 1.57. The molecule has 0 spiro atoms. The first-order valence-corrected chi connectivity index (χ1v) is 11.1. The van der Waals surface area contributed by atoms with Crippen LogP contribution in [0.5, 0.6) is 0 Å². The van der Waals surface area contributed by atoms with Crippen LogP contribution in [-0.2, 0) is 4.79 Å². The summed E-state index contributed by atoms with van der Waals surface area (Å²) in [7, 11) is 0. The lowest BCUT2D eigenvalue weighted by Gasteiger charge is -2.38. The van der Waals surface area contributed by atoms with Crippen molar-refractivity contribution in [2.45, 2.75) is 45.4 Å². The van der Waals surface area contributed by atoms with Gasteiger partial charge in [0, 0.05) is 32.1 Å². The molecule has 1 aliphatic rings. The molecule has 1 amide bonds. The number of Topliss-reactive ketones (excluding diaryl/α,β-unsaturated/α-hetero) is 1. The third-order valence-electron chi connectivity index (χ3n) is 5.07. The second kappa shape index (κ2) is 10.5. The zero-order chi connectivity index (χ0) is 19.8. The maximum Gasteiger partial charge on any atom is 0.225 e. The van der Waals surface area contributed by atoms with Crippen LogP contribution in [0.15, 0.2) is 28.1 Å². The van der Waals surface area contributed by atoms with Crippen LogP contribution in [-0.4, -0.2) is 47.9 Å². The Morgan fingerprint density at radius 2 is 2.11 bits per heavy atom. The fourth-order valence-electron chi connectivity index (χ4n) is 3.35. The van der Waals surface area contributed by atoms with Crippen molar-refractivity contribution < 1.29 is 14.1 Å². The van der Waals surface area contributed by atoms with Crippen molar-refractivity contribution in [3.63, 3.8) is 0 Å². The number of hydrogen-bond acceptors (Lipinski definition) is 6. The van der Waals surface area contributed by atoms with Gasteiger partial charge in [0.2, 0.25) is 5.91 Å². The van der Waals surface area contributed by atoms with Gasteiger partial charge in [0.15, 0.2) is 11.5 Å². The predicted octanol–water partition coefficient (Wildman–Crippen LogP) is 3.99. The molecular weight excluding hydrogens is 374 g/mol. The van der Waals surface area contributed by atoms with Gasteiger partial charge in [0.25, 0.3) is 0 Å². The van der Waals surface area contributed by atoms with E-state index in [1.54, 1.807) is 17.4 Å². The van der Waals surface area contributed by atoms with Crippen LogP contribution < -0.4 is 5.32 Å². The zero-order valence-corrected chi connectivity index (χ0v) is 17.3. The lowest BCUT2D eigenvalue weighted by molar-refractivity contribution is -0.130. The maximum absolute atomic E-state index is 12.2. The van der Waals surface area contributed by atoms with Crippen molar-refractivity contribution in [1.29, 1.82) is 0 Å². The molecule has 2 aromatic heterocycles. The van der Waals surface area contributed by atoms with Crippen LogP contribution in [0.1, 0.15) is 55.9 Å².